The lowest BCUT2D eigenvalue weighted by Gasteiger charge is -2.00. The van der Waals surface area contributed by atoms with Gasteiger partial charge in [0.1, 0.15) is 9.71 Å². The second-order valence-corrected chi connectivity index (χ2v) is 6.04. The number of esters is 1. The molecule has 0 radical (unpaired) electrons. The van der Waals surface area contributed by atoms with E-state index in [1.807, 2.05) is 23.7 Å². The van der Waals surface area contributed by atoms with E-state index >= 15 is 0 Å². The van der Waals surface area contributed by atoms with Gasteiger partial charge in [0.05, 0.1) is 17.6 Å². The molecule has 0 unspecified atom stereocenters. The Morgan fingerprint density at radius 3 is 2.74 bits per heavy atom. The van der Waals surface area contributed by atoms with Gasteiger partial charge < -0.3 is 9.30 Å². The van der Waals surface area contributed by atoms with Gasteiger partial charge in [-0.3, -0.25) is 0 Å². The number of carbonyl (C=O) groups excluding carboxylic acids is 1. The minimum Gasteiger partial charge on any atom is -0.465 e. The molecular weight excluding hydrogens is 305 g/mol. The zero-order chi connectivity index (χ0) is 13.7. The van der Waals surface area contributed by atoms with Gasteiger partial charge in [-0.1, -0.05) is 23.2 Å². The SMILES string of the molecule is COC(=O)c1cc2c3c(Cl)cc(Cl)cc3n(C)c2s1. The number of fused-ring (bicyclic) bond motifs is 3. The molecule has 0 saturated heterocycles. The van der Waals surface area contributed by atoms with Crippen LogP contribution in [0.3, 0.4) is 0 Å². The highest BCUT2D eigenvalue weighted by molar-refractivity contribution is 7.20. The number of aromatic nitrogens is 1. The molecule has 3 nitrogen and oxygen atoms in total. The summed E-state index contributed by atoms with van der Waals surface area (Å²) >= 11 is 13.7. The molecule has 2 aromatic heterocycles. The van der Waals surface area contributed by atoms with E-state index in [4.69, 9.17) is 27.9 Å². The smallest absolute Gasteiger partial charge is 0.348 e. The van der Waals surface area contributed by atoms with E-state index in [-0.39, 0.29) is 5.97 Å². The molecule has 3 rings (SSSR count). The maximum Gasteiger partial charge on any atom is 0.348 e. The monoisotopic (exact) mass is 313 g/mol. The molecule has 0 aliphatic rings. The number of nitrogens with zero attached hydrogens (tertiary/aromatic N) is 1. The maximum atomic E-state index is 11.6. The molecule has 2 heterocycles. The van der Waals surface area contributed by atoms with Crippen LogP contribution in [-0.2, 0) is 11.8 Å². The molecule has 0 saturated carbocycles. The molecule has 0 fully saturated rings. The van der Waals surface area contributed by atoms with Gasteiger partial charge in [-0.25, -0.2) is 4.79 Å². The van der Waals surface area contributed by atoms with Crippen molar-refractivity contribution in [2.75, 3.05) is 7.11 Å². The molecule has 0 aliphatic heterocycles. The lowest BCUT2D eigenvalue weighted by molar-refractivity contribution is 0.0606. The third-order valence-corrected chi connectivity index (χ3v) is 4.78. The van der Waals surface area contributed by atoms with Crippen LogP contribution in [0.2, 0.25) is 10.0 Å². The van der Waals surface area contributed by atoms with Crippen molar-refractivity contribution in [3.05, 3.63) is 33.1 Å². The third kappa shape index (κ3) is 1.83. The van der Waals surface area contributed by atoms with Crippen LogP contribution in [-0.4, -0.2) is 17.6 Å². The summed E-state index contributed by atoms with van der Waals surface area (Å²) in [6.45, 7) is 0. The summed E-state index contributed by atoms with van der Waals surface area (Å²) < 4.78 is 6.73. The van der Waals surface area contributed by atoms with Gasteiger partial charge >= 0.3 is 5.97 Å². The highest BCUT2D eigenvalue weighted by atomic mass is 35.5. The number of thiophene rings is 1. The van der Waals surface area contributed by atoms with E-state index in [0.717, 1.165) is 21.1 Å². The molecule has 0 amide bonds. The number of hydrogen-bond donors (Lipinski definition) is 0. The number of benzene rings is 1. The van der Waals surface area contributed by atoms with Crippen molar-refractivity contribution in [3.63, 3.8) is 0 Å². The first kappa shape index (κ1) is 12.8. The highest BCUT2D eigenvalue weighted by Gasteiger charge is 2.18. The van der Waals surface area contributed by atoms with E-state index in [0.29, 0.717) is 14.9 Å². The van der Waals surface area contributed by atoms with Crippen LogP contribution in [0.15, 0.2) is 18.2 Å². The average Bonchev–Trinajstić information content (AvgIpc) is 2.89. The fraction of sp³-hybridized carbons (Fsp3) is 0.154. The van der Waals surface area contributed by atoms with Crippen LogP contribution in [0.4, 0.5) is 0 Å². The Morgan fingerprint density at radius 2 is 2.05 bits per heavy atom. The normalized spacial score (nSPS) is 11.4. The standard InChI is InChI=1S/C13H9Cl2NO2S/c1-16-9-4-6(14)3-8(15)11(9)7-5-10(13(17)18-2)19-12(7)16/h3-5H,1-2H3. The maximum absolute atomic E-state index is 11.6. The Kier molecular flexibility index (Phi) is 2.96. The van der Waals surface area contributed by atoms with Crippen molar-refractivity contribution in [1.29, 1.82) is 0 Å². The Labute approximate surface area is 123 Å². The van der Waals surface area contributed by atoms with E-state index in [9.17, 15) is 4.79 Å². The van der Waals surface area contributed by atoms with E-state index in [1.165, 1.54) is 18.4 Å². The molecule has 0 N–H and O–H groups in total. The number of carbonyl (C=O) groups is 1. The van der Waals surface area contributed by atoms with Gasteiger partial charge in [0.15, 0.2) is 0 Å². The predicted octanol–water partition coefficient (Wildman–Crippen LogP) is 4.49. The molecule has 3 aromatic rings. The summed E-state index contributed by atoms with van der Waals surface area (Å²) in [7, 11) is 3.30. The second kappa shape index (κ2) is 4.40. The van der Waals surface area contributed by atoms with Crippen LogP contribution in [0.5, 0.6) is 0 Å². The van der Waals surface area contributed by atoms with Crippen molar-refractivity contribution in [2.45, 2.75) is 0 Å². The Morgan fingerprint density at radius 1 is 1.32 bits per heavy atom. The molecule has 0 bridgehead atoms. The van der Waals surface area contributed by atoms with Gasteiger partial charge in [-0.15, -0.1) is 11.3 Å². The Bertz CT molecular complexity index is 819. The van der Waals surface area contributed by atoms with Crippen molar-refractivity contribution >= 4 is 61.6 Å². The molecule has 0 aliphatic carbocycles. The number of methoxy groups -OCH3 is 1. The van der Waals surface area contributed by atoms with E-state index in [2.05, 4.69) is 0 Å². The summed E-state index contributed by atoms with van der Waals surface area (Å²) in [6, 6.07) is 5.39. The first-order valence-corrected chi connectivity index (χ1v) is 7.05. The Hall–Kier alpha value is -1.23. The molecule has 6 heteroatoms. The first-order valence-electron chi connectivity index (χ1n) is 5.48. The zero-order valence-corrected chi connectivity index (χ0v) is 12.5. The Balaban J connectivity index is 2.42. The number of halogens is 2. The molecule has 0 atom stereocenters. The van der Waals surface area contributed by atoms with Crippen molar-refractivity contribution in [2.24, 2.45) is 7.05 Å². The summed E-state index contributed by atoms with van der Waals surface area (Å²) in [5.41, 5.74) is 0.954. The van der Waals surface area contributed by atoms with Gasteiger partial charge in [0.25, 0.3) is 0 Å². The average molecular weight is 314 g/mol. The van der Waals surface area contributed by atoms with Crippen molar-refractivity contribution < 1.29 is 9.53 Å². The molecule has 0 spiro atoms. The van der Waals surface area contributed by atoms with Crippen LogP contribution >= 0.6 is 34.5 Å². The topological polar surface area (TPSA) is 31.2 Å². The van der Waals surface area contributed by atoms with E-state index < -0.39 is 0 Å². The van der Waals surface area contributed by atoms with Crippen LogP contribution in [0.1, 0.15) is 9.67 Å². The summed E-state index contributed by atoms with van der Waals surface area (Å²) in [4.78, 5) is 13.1. The number of rotatable bonds is 1. The van der Waals surface area contributed by atoms with Gasteiger partial charge in [0, 0.05) is 22.8 Å². The van der Waals surface area contributed by atoms with E-state index in [1.54, 1.807) is 6.07 Å². The zero-order valence-electron chi connectivity index (χ0n) is 10.2. The van der Waals surface area contributed by atoms with Crippen molar-refractivity contribution in [3.8, 4) is 0 Å². The molecule has 98 valence electrons. The fourth-order valence-corrected chi connectivity index (χ4v) is 3.85. The van der Waals surface area contributed by atoms with Crippen LogP contribution in [0.25, 0.3) is 21.1 Å². The van der Waals surface area contributed by atoms with Gasteiger partial charge in [0.2, 0.25) is 0 Å². The lowest BCUT2D eigenvalue weighted by Crippen LogP contribution is -1.97. The van der Waals surface area contributed by atoms with Gasteiger partial charge in [-0.05, 0) is 18.2 Å². The predicted molar refractivity (Wildman–Crippen MR) is 79.7 cm³/mol. The van der Waals surface area contributed by atoms with Crippen LogP contribution in [0, 0.1) is 0 Å². The summed E-state index contributed by atoms with van der Waals surface area (Å²) in [5, 5.41) is 3.04. The largest absolute Gasteiger partial charge is 0.465 e. The summed E-state index contributed by atoms with van der Waals surface area (Å²) in [6.07, 6.45) is 0. The first-order chi connectivity index (χ1) is 9.02. The lowest BCUT2D eigenvalue weighted by atomic mass is 10.2. The van der Waals surface area contributed by atoms with Gasteiger partial charge in [-0.2, -0.15) is 0 Å². The number of aryl methyl sites for hydroxylation is 1. The number of ether oxygens (including phenoxy) is 1. The quantitative estimate of drug-likeness (QED) is 0.620. The molecule has 1 aromatic carbocycles. The minimum atomic E-state index is -0.334. The highest BCUT2D eigenvalue weighted by Crippen LogP contribution is 2.39. The molecular formula is C13H9Cl2NO2S. The van der Waals surface area contributed by atoms with Crippen molar-refractivity contribution in [1.82, 2.24) is 4.57 Å². The minimum absolute atomic E-state index is 0.334. The second-order valence-electron chi connectivity index (χ2n) is 4.16. The third-order valence-electron chi connectivity index (χ3n) is 3.07. The number of hydrogen-bond acceptors (Lipinski definition) is 3. The summed E-state index contributed by atoms with van der Waals surface area (Å²) in [5.74, 6) is -0.334. The fourth-order valence-electron chi connectivity index (χ4n) is 2.21. The van der Waals surface area contributed by atoms with Crippen LogP contribution < -0.4 is 0 Å². The molecule has 19 heavy (non-hydrogen) atoms.